The standard InChI is InChI=1S/C11H6Br3FS/c12-7-3-6(4-8(15)5-7)10(14)11-9(13)1-2-16-11/h1-5,10H. The molecule has 16 heavy (non-hydrogen) atoms. The smallest absolute Gasteiger partial charge is 0.124 e. The van der Waals surface area contributed by atoms with Crippen molar-refractivity contribution in [2.24, 2.45) is 0 Å². The fourth-order valence-corrected chi connectivity index (χ4v) is 4.59. The van der Waals surface area contributed by atoms with Gasteiger partial charge in [0.15, 0.2) is 0 Å². The topological polar surface area (TPSA) is 0 Å². The van der Waals surface area contributed by atoms with Crippen LogP contribution < -0.4 is 0 Å². The largest absolute Gasteiger partial charge is 0.207 e. The minimum atomic E-state index is -0.235. The van der Waals surface area contributed by atoms with Gasteiger partial charge in [-0.1, -0.05) is 31.9 Å². The van der Waals surface area contributed by atoms with Gasteiger partial charge in [0, 0.05) is 13.8 Å². The molecule has 0 saturated heterocycles. The first-order valence-electron chi connectivity index (χ1n) is 4.41. The van der Waals surface area contributed by atoms with Gasteiger partial charge in [0.2, 0.25) is 0 Å². The van der Waals surface area contributed by atoms with E-state index in [2.05, 4.69) is 47.8 Å². The second-order valence-corrected chi connectivity index (χ2v) is 6.83. The Morgan fingerprint density at radius 3 is 2.50 bits per heavy atom. The maximum atomic E-state index is 13.3. The molecule has 0 N–H and O–H groups in total. The molecule has 1 aromatic carbocycles. The van der Waals surface area contributed by atoms with Crippen LogP contribution in [0.1, 0.15) is 15.3 Å². The minimum Gasteiger partial charge on any atom is -0.207 e. The van der Waals surface area contributed by atoms with Crippen molar-refractivity contribution in [2.75, 3.05) is 0 Å². The lowest BCUT2D eigenvalue weighted by Crippen LogP contribution is -1.92. The molecule has 2 aromatic rings. The third-order valence-corrected chi connectivity index (χ3v) is 5.74. The third-order valence-electron chi connectivity index (χ3n) is 2.05. The van der Waals surface area contributed by atoms with E-state index in [1.165, 1.54) is 12.1 Å². The highest BCUT2D eigenvalue weighted by Gasteiger charge is 2.16. The Kier molecular flexibility index (Phi) is 4.21. The van der Waals surface area contributed by atoms with E-state index in [9.17, 15) is 4.39 Å². The summed E-state index contributed by atoms with van der Waals surface area (Å²) in [7, 11) is 0. The molecule has 1 aromatic heterocycles. The second-order valence-electron chi connectivity index (χ2n) is 3.20. The van der Waals surface area contributed by atoms with Crippen molar-refractivity contribution in [2.45, 2.75) is 4.83 Å². The van der Waals surface area contributed by atoms with Gasteiger partial charge in [-0.2, -0.15) is 0 Å². The molecule has 84 valence electrons. The van der Waals surface area contributed by atoms with Crippen LogP contribution in [0.25, 0.3) is 0 Å². The number of thiophene rings is 1. The lowest BCUT2D eigenvalue weighted by atomic mass is 10.1. The molecule has 0 saturated carbocycles. The first kappa shape index (κ1) is 12.7. The van der Waals surface area contributed by atoms with Crippen LogP contribution in [0.2, 0.25) is 0 Å². The molecule has 0 amide bonds. The molecule has 1 heterocycles. The van der Waals surface area contributed by atoms with Crippen molar-refractivity contribution in [1.29, 1.82) is 0 Å². The zero-order valence-corrected chi connectivity index (χ0v) is 13.5. The van der Waals surface area contributed by atoms with E-state index in [1.807, 2.05) is 17.5 Å². The predicted molar refractivity (Wildman–Crippen MR) is 76.9 cm³/mol. The highest BCUT2D eigenvalue weighted by Crippen LogP contribution is 2.39. The van der Waals surface area contributed by atoms with E-state index < -0.39 is 0 Å². The number of benzene rings is 1. The molecule has 0 aliphatic rings. The van der Waals surface area contributed by atoms with E-state index in [4.69, 9.17) is 0 Å². The molecular formula is C11H6Br3FS. The van der Waals surface area contributed by atoms with Crippen LogP contribution in [-0.2, 0) is 0 Å². The SMILES string of the molecule is Fc1cc(Br)cc(C(Br)c2sccc2Br)c1. The number of hydrogen-bond donors (Lipinski definition) is 0. The zero-order chi connectivity index (χ0) is 11.7. The van der Waals surface area contributed by atoms with E-state index in [0.29, 0.717) is 0 Å². The van der Waals surface area contributed by atoms with Gasteiger partial charge in [0.1, 0.15) is 5.82 Å². The molecule has 0 nitrogen and oxygen atoms in total. The van der Waals surface area contributed by atoms with Crippen molar-refractivity contribution in [3.8, 4) is 0 Å². The third kappa shape index (κ3) is 2.75. The molecule has 0 spiro atoms. The van der Waals surface area contributed by atoms with Gasteiger partial charge >= 0.3 is 0 Å². The van der Waals surface area contributed by atoms with Crippen molar-refractivity contribution in [3.05, 3.63) is 54.8 Å². The number of hydrogen-bond acceptors (Lipinski definition) is 1. The van der Waals surface area contributed by atoms with Crippen molar-refractivity contribution >= 4 is 59.1 Å². The molecule has 0 fully saturated rings. The van der Waals surface area contributed by atoms with E-state index in [1.54, 1.807) is 11.3 Å². The highest BCUT2D eigenvalue weighted by atomic mass is 79.9. The normalized spacial score (nSPS) is 12.8. The predicted octanol–water partition coefficient (Wildman–Crippen LogP) is 5.90. The van der Waals surface area contributed by atoms with Gasteiger partial charge < -0.3 is 0 Å². The quantitative estimate of drug-likeness (QED) is 0.522. The Morgan fingerprint density at radius 2 is 1.94 bits per heavy atom. The summed E-state index contributed by atoms with van der Waals surface area (Å²) in [5.41, 5.74) is 0.898. The maximum Gasteiger partial charge on any atom is 0.124 e. The fourth-order valence-electron chi connectivity index (χ4n) is 1.36. The van der Waals surface area contributed by atoms with Crippen molar-refractivity contribution < 1.29 is 4.39 Å². The van der Waals surface area contributed by atoms with Crippen LogP contribution in [0, 0.1) is 5.82 Å². The first-order valence-corrected chi connectivity index (χ1v) is 7.79. The number of rotatable bonds is 2. The molecule has 1 unspecified atom stereocenters. The Balaban J connectivity index is 2.41. The molecule has 5 heteroatoms. The molecule has 2 rings (SSSR count). The molecule has 0 radical (unpaired) electrons. The zero-order valence-electron chi connectivity index (χ0n) is 7.88. The molecular weight excluding hydrogens is 423 g/mol. The average molecular weight is 429 g/mol. The summed E-state index contributed by atoms with van der Waals surface area (Å²) in [6.07, 6.45) is 0. The summed E-state index contributed by atoms with van der Waals surface area (Å²) in [5, 5.41) is 2.00. The summed E-state index contributed by atoms with van der Waals surface area (Å²) < 4.78 is 15.1. The van der Waals surface area contributed by atoms with Crippen molar-refractivity contribution in [1.82, 2.24) is 0 Å². The fraction of sp³-hybridized carbons (Fsp3) is 0.0909. The molecule has 1 atom stereocenters. The van der Waals surface area contributed by atoms with Gasteiger partial charge in [-0.15, -0.1) is 11.3 Å². The van der Waals surface area contributed by atoms with Crippen LogP contribution in [0.15, 0.2) is 38.6 Å². The monoisotopic (exact) mass is 426 g/mol. The van der Waals surface area contributed by atoms with Gasteiger partial charge in [-0.05, 0) is 51.1 Å². The lowest BCUT2D eigenvalue weighted by molar-refractivity contribution is 0.625. The highest BCUT2D eigenvalue weighted by molar-refractivity contribution is 9.11. The summed E-state index contributed by atoms with van der Waals surface area (Å²) in [4.78, 5) is 1.14. The summed E-state index contributed by atoms with van der Waals surface area (Å²) >= 11 is 12.0. The Hall–Kier alpha value is 0.290. The second kappa shape index (κ2) is 5.29. The summed E-state index contributed by atoms with van der Waals surface area (Å²) in [5.74, 6) is -0.235. The van der Waals surface area contributed by atoms with Crippen LogP contribution >= 0.6 is 59.1 Å². The molecule has 0 aliphatic carbocycles. The number of halogens is 4. The van der Waals surface area contributed by atoms with Crippen LogP contribution in [0.4, 0.5) is 4.39 Å². The van der Waals surface area contributed by atoms with E-state index in [-0.39, 0.29) is 10.6 Å². The minimum absolute atomic E-state index is 0.00822. The molecule has 0 bridgehead atoms. The lowest BCUT2D eigenvalue weighted by Gasteiger charge is -2.09. The van der Waals surface area contributed by atoms with Crippen LogP contribution in [-0.4, -0.2) is 0 Å². The van der Waals surface area contributed by atoms with Gasteiger partial charge in [-0.25, -0.2) is 4.39 Å². The Morgan fingerprint density at radius 1 is 1.19 bits per heavy atom. The average Bonchev–Trinajstić information content (AvgIpc) is 2.62. The molecule has 0 aliphatic heterocycles. The Labute approximate surface area is 122 Å². The van der Waals surface area contributed by atoms with Crippen LogP contribution in [0.3, 0.4) is 0 Å². The van der Waals surface area contributed by atoms with E-state index in [0.717, 1.165) is 19.4 Å². The van der Waals surface area contributed by atoms with Crippen molar-refractivity contribution in [3.63, 3.8) is 0 Å². The summed E-state index contributed by atoms with van der Waals surface area (Å²) in [6, 6.07) is 6.89. The van der Waals surface area contributed by atoms with E-state index >= 15 is 0 Å². The van der Waals surface area contributed by atoms with Crippen LogP contribution in [0.5, 0.6) is 0 Å². The van der Waals surface area contributed by atoms with Gasteiger partial charge in [-0.3, -0.25) is 0 Å². The summed E-state index contributed by atoms with van der Waals surface area (Å²) in [6.45, 7) is 0. The number of alkyl halides is 1. The van der Waals surface area contributed by atoms with Gasteiger partial charge in [0.05, 0.1) is 4.83 Å². The Bertz CT molecular complexity index is 489. The maximum absolute atomic E-state index is 13.3. The first-order chi connectivity index (χ1) is 7.58. The van der Waals surface area contributed by atoms with Gasteiger partial charge in [0.25, 0.3) is 0 Å².